The number of ether oxygens (including phenoxy) is 3. The van der Waals surface area contributed by atoms with E-state index >= 15 is 0 Å². The number of esters is 1. The fraction of sp³-hybridized carbons (Fsp3) is 0.423. The Bertz CT molecular complexity index is 1330. The summed E-state index contributed by atoms with van der Waals surface area (Å²) in [6.45, 7) is 3.79. The summed E-state index contributed by atoms with van der Waals surface area (Å²) in [5.74, 6) is -0.0752. The lowest BCUT2D eigenvalue weighted by atomic mass is 10.1. The molecule has 13 heteroatoms. The number of carbonyl (C=O) groups is 3. The van der Waals surface area contributed by atoms with E-state index < -0.39 is 17.1 Å². The number of hydrogen-bond donors (Lipinski definition) is 2. The van der Waals surface area contributed by atoms with Crippen molar-refractivity contribution in [3.8, 4) is 11.5 Å². The molecule has 0 fully saturated rings. The first kappa shape index (κ1) is 28.8. The van der Waals surface area contributed by atoms with Crippen LogP contribution >= 0.6 is 34.4 Å². The molecule has 1 aliphatic rings. The Morgan fingerprint density at radius 3 is 2.41 bits per heavy atom. The van der Waals surface area contributed by atoms with Crippen LogP contribution < -0.4 is 20.1 Å². The number of nitrogens with one attached hydrogen (secondary N) is 2. The van der Waals surface area contributed by atoms with Crippen LogP contribution in [0.2, 0.25) is 0 Å². The highest BCUT2D eigenvalue weighted by Crippen LogP contribution is 2.39. The van der Waals surface area contributed by atoms with E-state index in [2.05, 4.69) is 20.8 Å². The molecule has 0 aliphatic heterocycles. The number of aromatic nitrogens is 2. The zero-order chi connectivity index (χ0) is 27.9. The molecule has 3 aromatic rings. The van der Waals surface area contributed by atoms with Crippen molar-refractivity contribution >= 4 is 62.4 Å². The summed E-state index contributed by atoms with van der Waals surface area (Å²) in [7, 11) is 3.02. The highest BCUT2D eigenvalue weighted by Gasteiger charge is 2.28. The van der Waals surface area contributed by atoms with Crippen LogP contribution in [0, 0.1) is 0 Å². The van der Waals surface area contributed by atoms with Gasteiger partial charge in [0.25, 0.3) is 5.91 Å². The van der Waals surface area contributed by atoms with Crippen molar-refractivity contribution in [2.75, 3.05) is 31.5 Å². The molecule has 10 nitrogen and oxygen atoms in total. The number of thiophene rings is 1. The third kappa shape index (κ3) is 7.08. The Morgan fingerprint density at radius 2 is 1.72 bits per heavy atom. The van der Waals surface area contributed by atoms with Gasteiger partial charge in [-0.15, -0.1) is 21.5 Å². The normalized spacial score (nSPS) is 13.5. The van der Waals surface area contributed by atoms with E-state index in [0.29, 0.717) is 37.1 Å². The molecule has 1 atom stereocenters. The van der Waals surface area contributed by atoms with Crippen LogP contribution in [0.4, 0.5) is 10.1 Å². The third-order valence-corrected chi connectivity index (χ3v) is 9.26. The number of hydrogen-bond acceptors (Lipinski definition) is 11. The van der Waals surface area contributed by atoms with Crippen molar-refractivity contribution in [1.82, 2.24) is 10.2 Å². The summed E-state index contributed by atoms with van der Waals surface area (Å²) in [4.78, 5) is 39.8. The second-order valence-electron chi connectivity index (χ2n) is 8.67. The molecular weight excluding hydrogens is 561 g/mol. The molecule has 2 aromatic heterocycles. The minimum atomic E-state index is -0.527. The molecule has 1 aromatic carbocycles. The van der Waals surface area contributed by atoms with Crippen LogP contribution in [0.1, 0.15) is 64.3 Å². The Balaban J connectivity index is 1.42. The Labute approximate surface area is 238 Å². The van der Waals surface area contributed by atoms with Gasteiger partial charge in [-0.3, -0.25) is 14.9 Å². The minimum absolute atomic E-state index is 0.258. The molecule has 1 unspecified atom stereocenters. The highest BCUT2D eigenvalue weighted by molar-refractivity contribution is 8.02. The first-order chi connectivity index (χ1) is 18.8. The molecule has 0 saturated carbocycles. The number of benzene rings is 1. The van der Waals surface area contributed by atoms with Crippen molar-refractivity contribution in [1.29, 1.82) is 0 Å². The first-order valence-electron chi connectivity index (χ1n) is 12.5. The topological polar surface area (TPSA) is 129 Å². The van der Waals surface area contributed by atoms with Gasteiger partial charge in [-0.05, 0) is 57.2 Å². The van der Waals surface area contributed by atoms with Crippen LogP contribution in [-0.2, 0) is 22.4 Å². The first-order valence-corrected chi connectivity index (χ1v) is 15.0. The van der Waals surface area contributed by atoms with Gasteiger partial charge in [0.05, 0.1) is 31.6 Å². The Kier molecular flexibility index (Phi) is 9.81. The summed E-state index contributed by atoms with van der Waals surface area (Å²) in [5, 5.41) is 14.1. The van der Waals surface area contributed by atoms with Crippen LogP contribution in [0.25, 0.3) is 0 Å². The number of aryl methyl sites for hydroxylation is 1. The standard InChI is InChI=1S/C26H30N4O6S3/c1-5-36-24(33)20-18-9-7-6-8-10-19(18)38-23(20)27-21(31)14(2)37-26-30-29-25(39-26)28-22(32)15-11-16(34-3)13-17(12-15)35-4/h11-14H,5-10H2,1-4H3,(H,27,31)(H,28,29,32). The largest absolute Gasteiger partial charge is 0.497 e. The Morgan fingerprint density at radius 1 is 1.00 bits per heavy atom. The lowest BCUT2D eigenvalue weighted by Crippen LogP contribution is -2.23. The minimum Gasteiger partial charge on any atom is -0.497 e. The lowest BCUT2D eigenvalue weighted by Gasteiger charge is -2.11. The predicted octanol–water partition coefficient (Wildman–Crippen LogP) is 5.43. The molecule has 208 valence electrons. The summed E-state index contributed by atoms with van der Waals surface area (Å²) >= 11 is 3.84. The molecule has 2 amide bonds. The van der Waals surface area contributed by atoms with E-state index in [1.165, 1.54) is 37.3 Å². The van der Waals surface area contributed by atoms with Crippen molar-refractivity contribution in [3.63, 3.8) is 0 Å². The van der Waals surface area contributed by atoms with Crippen molar-refractivity contribution in [2.45, 2.75) is 55.5 Å². The van der Waals surface area contributed by atoms with E-state index in [1.807, 2.05) is 0 Å². The maximum atomic E-state index is 13.1. The molecule has 0 spiro atoms. The van der Waals surface area contributed by atoms with Crippen molar-refractivity contribution in [2.24, 2.45) is 0 Å². The summed E-state index contributed by atoms with van der Waals surface area (Å²) in [6.07, 6.45) is 4.90. The second-order valence-corrected chi connectivity index (χ2v) is 12.3. The third-order valence-electron chi connectivity index (χ3n) is 6.02. The fourth-order valence-corrected chi connectivity index (χ4v) is 7.26. The van der Waals surface area contributed by atoms with Crippen molar-refractivity contribution in [3.05, 3.63) is 39.8 Å². The summed E-state index contributed by atoms with van der Waals surface area (Å²) < 4.78 is 16.3. The predicted molar refractivity (Wildman–Crippen MR) is 153 cm³/mol. The van der Waals surface area contributed by atoms with Gasteiger partial charge in [0, 0.05) is 16.5 Å². The quantitative estimate of drug-likeness (QED) is 0.137. The number of rotatable bonds is 10. The molecule has 1 aliphatic carbocycles. The summed E-state index contributed by atoms with van der Waals surface area (Å²) in [5.41, 5.74) is 1.83. The maximum absolute atomic E-state index is 13.1. The SMILES string of the molecule is CCOC(=O)c1c(NC(=O)C(C)Sc2nnc(NC(=O)c3cc(OC)cc(OC)c3)s2)sc2c1CCCCC2. The van der Waals surface area contributed by atoms with Gasteiger partial charge in [0.1, 0.15) is 16.5 Å². The average Bonchev–Trinajstić information content (AvgIpc) is 3.43. The molecule has 2 heterocycles. The second kappa shape index (κ2) is 13.3. The molecule has 0 saturated heterocycles. The van der Waals surface area contributed by atoms with E-state index in [9.17, 15) is 14.4 Å². The van der Waals surface area contributed by atoms with Gasteiger partial charge in [-0.25, -0.2) is 4.79 Å². The van der Waals surface area contributed by atoms with Gasteiger partial charge in [0.15, 0.2) is 4.34 Å². The molecule has 39 heavy (non-hydrogen) atoms. The van der Waals surface area contributed by atoms with Gasteiger partial charge >= 0.3 is 5.97 Å². The molecular formula is C26H30N4O6S3. The van der Waals surface area contributed by atoms with Crippen LogP contribution in [0.15, 0.2) is 22.5 Å². The van der Waals surface area contributed by atoms with Gasteiger partial charge in [-0.1, -0.05) is 29.5 Å². The number of carbonyl (C=O) groups excluding carboxylic acids is 3. The van der Waals surface area contributed by atoms with Gasteiger partial charge < -0.3 is 19.5 Å². The van der Waals surface area contributed by atoms with E-state index in [0.717, 1.165) is 53.9 Å². The van der Waals surface area contributed by atoms with Crippen molar-refractivity contribution < 1.29 is 28.6 Å². The zero-order valence-corrected chi connectivity index (χ0v) is 24.6. The Hall–Kier alpha value is -3.16. The lowest BCUT2D eigenvalue weighted by molar-refractivity contribution is -0.115. The number of methoxy groups -OCH3 is 2. The van der Waals surface area contributed by atoms with Crippen LogP contribution in [-0.4, -0.2) is 54.1 Å². The summed E-state index contributed by atoms with van der Waals surface area (Å²) in [6, 6.07) is 4.86. The van der Waals surface area contributed by atoms with Crippen LogP contribution in [0.5, 0.6) is 11.5 Å². The smallest absolute Gasteiger partial charge is 0.341 e. The average molecular weight is 591 g/mol. The number of fused-ring (bicyclic) bond motifs is 1. The molecule has 2 N–H and O–H groups in total. The number of amides is 2. The number of anilines is 2. The maximum Gasteiger partial charge on any atom is 0.341 e. The fourth-order valence-electron chi connectivity index (χ4n) is 4.08. The van der Waals surface area contributed by atoms with Crippen LogP contribution in [0.3, 0.4) is 0 Å². The van der Waals surface area contributed by atoms with Gasteiger partial charge in [0.2, 0.25) is 11.0 Å². The highest BCUT2D eigenvalue weighted by atomic mass is 32.2. The monoisotopic (exact) mass is 590 g/mol. The zero-order valence-electron chi connectivity index (χ0n) is 22.1. The molecule has 0 bridgehead atoms. The van der Waals surface area contributed by atoms with E-state index in [-0.39, 0.29) is 12.5 Å². The molecule has 0 radical (unpaired) electrons. The molecule has 4 rings (SSSR count). The number of thioether (sulfide) groups is 1. The van der Waals surface area contributed by atoms with E-state index in [1.54, 1.807) is 32.0 Å². The van der Waals surface area contributed by atoms with E-state index in [4.69, 9.17) is 14.2 Å². The number of nitrogens with zero attached hydrogens (tertiary/aromatic N) is 2. The van der Waals surface area contributed by atoms with Gasteiger partial charge in [-0.2, -0.15) is 0 Å².